The number of carbonyl (C=O) groups excluding carboxylic acids is 1. The van der Waals surface area contributed by atoms with Gasteiger partial charge in [-0.1, -0.05) is 6.42 Å². The molecule has 1 heterocycles. The van der Waals surface area contributed by atoms with Crippen LogP contribution in [0.1, 0.15) is 40.1 Å². The van der Waals surface area contributed by atoms with Gasteiger partial charge in [-0.2, -0.15) is 0 Å². The van der Waals surface area contributed by atoms with Gasteiger partial charge in [0.1, 0.15) is 5.00 Å². The number of benzene rings is 1. The maximum absolute atomic E-state index is 12.4. The van der Waals surface area contributed by atoms with Gasteiger partial charge in [0.05, 0.1) is 17.6 Å². The number of anilines is 2. The molecule has 0 bridgehead atoms. The van der Waals surface area contributed by atoms with E-state index in [4.69, 9.17) is 17.0 Å². The minimum Gasteiger partial charge on any atom is -0.465 e. The van der Waals surface area contributed by atoms with Gasteiger partial charge in [-0.25, -0.2) is 17.9 Å². The Bertz CT molecular complexity index is 1010. The molecule has 1 aromatic heterocycles. The number of methoxy groups -OCH3 is 1. The number of hydrogen-bond acceptors (Lipinski definition) is 6. The number of nitrogens with one attached hydrogen (secondary N) is 3. The van der Waals surface area contributed by atoms with Crippen molar-refractivity contribution in [2.24, 2.45) is 0 Å². The van der Waals surface area contributed by atoms with Crippen molar-refractivity contribution in [3.05, 3.63) is 40.3 Å². The normalized spacial score (nSPS) is 13.9. The fourth-order valence-electron chi connectivity index (χ4n) is 3.25. The molecule has 1 aliphatic carbocycles. The van der Waals surface area contributed by atoms with Crippen LogP contribution >= 0.6 is 23.6 Å². The largest absolute Gasteiger partial charge is 0.465 e. The van der Waals surface area contributed by atoms with Crippen molar-refractivity contribution in [3.8, 4) is 0 Å². The SMILES string of the molecule is CNS(=O)(=O)c1ccc(NC(=S)Nc2sc3c(c2C(=O)OC)CCCCC3)cc1. The molecular formula is C19H23N3O4S3. The van der Waals surface area contributed by atoms with Crippen molar-refractivity contribution in [1.29, 1.82) is 0 Å². The molecular weight excluding hydrogens is 430 g/mol. The third-order valence-corrected chi connectivity index (χ3v) is 7.57. The van der Waals surface area contributed by atoms with Crippen molar-refractivity contribution in [3.63, 3.8) is 0 Å². The second-order valence-electron chi connectivity index (χ2n) is 6.57. The second-order valence-corrected chi connectivity index (χ2v) is 9.97. The van der Waals surface area contributed by atoms with Crippen molar-refractivity contribution < 1.29 is 17.9 Å². The van der Waals surface area contributed by atoms with Gasteiger partial charge >= 0.3 is 5.97 Å². The van der Waals surface area contributed by atoms with E-state index in [-0.39, 0.29) is 10.9 Å². The van der Waals surface area contributed by atoms with E-state index < -0.39 is 10.0 Å². The molecule has 0 fully saturated rings. The lowest BCUT2D eigenvalue weighted by Gasteiger charge is -2.12. The molecule has 0 saturated heterocycles. The maximum Gasteiger partial charge on any atom is 0.341 e. The number of thiophene rings is 1. The van der Waals surface area contributed by atoms with E-state index in [1.807, 2.05) is 0 Å². The van der Waals surface area contributed by atoms with E-state index >= 15 is 0 Å². The molecule has 7 nitrogen and oxygen atoms in total. The van der Waals surface area contributed by atoms with Gasteiger partial charge in [0.15, 0.2) is 5.11 Å². The standard InChI is InChI=1S/C19H23N3O4S3/c1-20-29(24,25)13-10-8-12(9-11-13)21-19(27)22-17-16(18(23)26-2)14-6-4-3-5-7-15(14)28-17/h8-11,20H,3-7H2,1-2H3,(H2,21,22,27). The zero-order valence-electron chi connectivity index (χ0n) is 16.2. The van der Waals surface area contributed by atoms with Crippen LogP contribution in [0.15, 0.2) is 29.2 Å². The summed E-state index contributed by atoms with van der Waals surface area (Å²) in [5.74, 6) is -0.365. The molecule has 0 atom stereocenters. The highest BCUT2D eigenvalue weighted by Gasteiger charge is 2.25. The molecule has 10 heteroatoms. The van der Waals surface area contributed by atoms with E-state index in [0.717, 1.165) is 37.7 Å². The van der Waals surface area contributed by atoms with Crippen molar-refractivity contribution >= 4 is 55.3 Å². The number of esters is 1. The summed E-state index contributed by atoms with van der Waals surface area (Å²) in [6, 6.07) is 6.24. The summed E-state index contributed by atoms with van der Waals surface area (Å²) >= 11 is 6.94. The number of ether oxygens (including phenoxy) is 1. The highest BCUT2D eigenvalue weighted by atomic mass is 32.2. The zero-order chi connectivity index (χ0) is 21.0. The minimum atomic E-state index is -3.49. The average Bonchev–Trinajstić information content (AvgIpc) is 2.88. The smallest absolute Gasteiger partial charge is 0.341 e. The fourth-order valence-corrected chi connectivity index (χ4v) is 5.55. The predicted octanol–water partition coefficient (Wildman–Crippen LogP) is 3.52. The van der Waals surface area contributed by atoms with E-state index in [9.17, 15) is 13.2 Å². The van der Waals surface area contributed by atoms with Gasteiger partial charge in [-0.05, 0) is 74.8 Å². The van der Waals surface area contributed by atoms with Crippen LogP contribution in [-0.4, -0.2) is 33.7 Å². The van der Waals surface area contributed by atoms with Crippen LogP contribution in [0.4, 0.5) is 10.7 Å². The Morgan fingerprint density at radius 2 is 1.79 bits per heavy atom. The Morgan fingerprint density at radius 1 is 1.10 bits per heavy atom. The fraction of sp³-hybridized carbons (Fsp3) is 0.368. The van der Waals surface area contributed by atoms with Crippen LogP contribution in [0.5, 0.6) is 0 Å². The first-order chi connectivity index (χ1) is 13.9. The summed E-state index contributed by atoms with van der Waals surface area (Å²) < 4.78 is 30.9. The Morgan fingerprint density at radius 3 is 2.45 bits per heavy atom. The average molecular weight is 454 g/mol. The number of fused-ring (bicyclic) bond motifs is 1. The molecule has 3 N–H and O–H groups in total. The summed E-state index contributed by atoms with van der Waals surface area (Å²) in [7, 11) is -0.749. The summed E-state index contributed by atoms with van der Waals surface area (Å²) in [4.78, 5) is 13.8. The van der Waals surface area contributed by atoms with Crippen LogP contribution in [0.2, 0.25) is 0 Å². The second kappa shape index (κ2) is 9.21. The lowest BCUT2D eigenvalue weighted by molar-refractivity contribution is 0.0601. The number of sulfonamides is 1. The van der Waals surface area contributed by atoms with Crippen molar-refractivity contribution in [2.45, 2.75) is 37.0 Å². The summed E-state index contributed by atoms with van der Waals surface area (Å²) in [5.41, 5.74) is 2.26. The lowest BCUT2D eigenvalue weighted by Crippen LogP contribution is -2.21. The molecule has 0 radical (unpaired) electrons. The predicted molar refractivity (Wildman–Crippen MR) is 119 cm³/mol. The Balaban J connectivity index is 1.78. The van der Waals surface area contributed by atoms with E-state index in [1.165, 1.54) is 42.5 Å². The first-order valence-electron chi connectivity index (χ1n) is 9.20. The Labute approximate surface area is 179 Å². The van der Waals surface area contributed by atoms with E-state index in [2.05, 4.69) is 15.4 Å². The van der Waals surface area contributed by atoms with Crippen LogP contribution < -0.4 is 15.4 Å². The van der Waals surface area contributed by atoms with Crippen molar-refractivity contribution in [1.82, 2.24) is 4.72 Å². The Hall–Kier alpha value is -2.01. The van der Waals surface area contributed by atoms with Crippen LogP contribution in [0.3, 0.4) is 0 Å². The molecule has 0 saturated carbocycles. The van der Waals surface area contributed by atoms with Crippen LogP contribution in [0.25, 0.3) is 0 Å². The molecule has 156 valence electrons. The van der Waals surface area contributed by atoms with Crippen molar-refractivity contribution in [2.75, 3.05) is 24.8 Å². The first kappa shape index (κ1) is 21.7. The molecule has 29 heavy (non-hydrogen) atoms. The lowest BCUT2D eigenvalue weighted by atomic mass is 10.1. The van der Waals surface area contributed by atoms with Gasteiger partial charge in [0, 0.05) is 10.6 Å². The molecule has 2 aromatic rings. The molecule has 0 amide bonds. The topological polar surface area (TPSA) is 96.5 Å². The van der Waals surface area contributed by atoms with Gasteiger partial charge in [0.25, 0.3) is 0 Å². The molecule has 0 aliphatic heterocycles. The Kier molecular flexibility index (Phi) is 6.89. The molecule has 1 aliphatic rings. The monoisotopic (exact) mass is 453 g/mol. The number of thiocarbonyl (C=S) groups is 1. The molecule has 3 rings (SSSR count). The van der Waals surface area contributed by atoms with Crippen LogP contribution in [-0.2, 0) is 27.6 Å². The highest BCUT2D eigenvalue weighted by Crippen LogP contribution is 2.38. The number of carbonyl (C=O) groups is 1. The van der Waals surface area contributed by atoms with Gasteiger partial charge in [0.2, 0.25) is 10.0 Å². The molecule has 0 spiro atoms. The highest BCUT2D eigenvalue weighted by molar-refractivity contribution is 7.89. The molecule has 0 unspecified atom stereocenters. The van der Waals surface area contributed by atoms with Gasteiger partial charge in [-0.15, -0.1) is 11.3 Å². The number of aryl methyl sites for hydroxylation is 1. The summed E-state index contributed by atoms with van der Waals surface area (Å²) in [6.45, 7) is 0. The molecule has 1 aromatic carbocycles. The zero-order valence-corrected chi connectivity index (χ0v) is 18.7. The summed E-state index contributed by atoms with van der Waals surface area (Å²) in [6.07, 6.45) is 5.13. The quantitative estimate of drug-likeness (QED) is 0.362. The van der Waals surface area contributed by atoms with Gasteiger partial charge < -0.3 is 15.4 Å². The van der Waals surface area contributed by atoms with E-state index in [0.29, 0.717) is 21.4 Å². The maximum atomic E-state index is 12.4. The third-order valence-electron chi connectivity index (χ3n) is 4.73. The van der Waals surface area contributed by atoms with Gasteiger partial charge in [-0.3, -0.25) is 0 Å². The first-order valence-corrected chi connectivity index (χ1v) is 11.9. The number of rotatable bonds is 5. The van der Waals surface area contributed by atoms with Crippen LogP contribution in [0, 0.1) is 0 Å². The summed E-state index contributed by atoms with van der Waals surface area (Å²) in [5, 5.41) is 7.13. The minimum absolute atomic E-state index is 0.166. The number of hydrogen-bond donors (Lipinski definition) is 3. The van der Waals surface area contributed by atoms with E-state index in [1.54, 1.807) is 12.1 Å². The third kappa shape index (κ3) is 4.95.